The van der Waals surface area contributed by atoms with Crippen molar-refractivity contribution in [2.45, 2.75) is 0 Å². The summed E-state index contributed by atoms with van der Waals surface area (Å²) in [6.07, 6.45) is 1.02. The van der Waals surface area contributed by atoms with Gasteiger partial charge in [0, 0.05) is 17.7 Å². The van der Waals surface area contributed by atoms with E-state index in [4.69, 9.17) is 4.74 Å². The first-order valence-corrected chi connectivity index (χ1v) is 5.75. The Morgan fingerprint density at radius 2 is 1.74 bits per heavy atom. The lowest BCUT2D eigenvalue weighted by atomic mass is 10.1. The van der Waals surface area contributed by atoms with Crippen LogP contribution in [0.4, 0.5) is 5.69 Å². The molecule has 0 bridgehead atoms. The fourth-order valence-corrected chi connectivity index (χ4v) is 1.59. The molecule has 0 saturated carbocycles. The minimum absolute atomic E-state index is 0.327. The lowest BCUT2D eigenvalue weighted by Gasteiger charge is -2.03. The number of hydrogen-bond acceptors (Lipinski definition) is 3. The van der Waals surface area contributed by atoms with Gasteiger partial charge in [-0.25, -0.2) is 0 Å². The summed E-state index contributed by atoms with van der Waals surface area (Å²) in [6, 6.07) is 15.2. The van der Waals surface area contributed by atoms with E-state index in [2.05, 4.69) is 0 Å². The molecule has 0 heterocycles. The molecule has 2 rings (SSSR count). The molecule has 96 valence electrons. The van der Waals surface area contributed by atoms with Crippen LogP contribution in [0.3, 0.4) is 0 Å². The van der Waals surface area contributed by atoms with Crippen LogP contribution in [0.1, 0.15) is 10.4 Å². The van der Waals surface area contributed by atoms with Crippen LogP contribution in [0.2, 0.25) is 0 Å². The predicted molar refractivity (Wildman–Crippen MR) is 73.1 cm³/mol. The van der Waals surface area contributed by atoms with E-state index >= 15 is 0 Å². The van der Waals surface area contributed by atoms with Crippen LogP contribution in [0.15, 0.2) is 54.6 Å². The van der Waals surface area contributed by atoms with Gasteiger partial charge in [-0.1, -0.05) is 30.3 Å². The van der Waals surface area contributed by atoms with Crippen molar-refractivity contribution in [2.24, 2.45) is 0 Å². The first-order chi connectivity index (χ1) is 9.20. The number of carbonyl (C=O) groups is 1. The van der Waals surface area contributed by atoms with Crippen LogP contribution >= 0.6 is 0 Å². The number of benzene rings is 2. The highest BCUT2D eigenvalue weighted by Crippen LogP contribution is 2.16. The topological polar surface area (TPSA) is 52.4 Å². The number of ether oxygens (including phenoxy) is 1. The van der Waals surface area contributed by atoms with Gasteiger partial charge in [-0.15, -0.1) is 0 Å². The zero-order chi connectivity index (χ0) is 13.7. The number of carbonyl (C=O) groups excluding carboxylic acids is 1. The highest BCUT2D eigenvalue weighted by molar-refractivity contribution is 6.33. The molecule has 0 N–H and O–H groups in total. The monoisotopic (exact) mass is 255 g/mol. The lowest BCUT2D eigenvalue weighted by molar-refractivity contribution is -0.353. The molecule has 2 aromatic rings. The number of rotatable bonds is 4. The van der Waals surface area contributed by atoms with Crippen molar-refractivity contribution in [3.05, 3.63) is 65.4 Å². The standard InChI is InChI=1S/C15H13NO3/c1-19-14-9-7-13(8-10-14)16(18)11-15(17)12-5-3-2-4-6-12/h2-11H,1H3/b16-11-. The van der Waals surface area contributed by atoms with Gasteiger partial charge in [-0.2, -0.15) is 4.74 Å². The van der Waals surface area contributed by atoms with E-state index in [-0.39, 0.29) is 5.78 Å². The molecule has 4 heteroatoms. The maximum Gasteiger partial charge on any atom is 0.250 e. The Labute approximate surface area is 111 Å². The van der Waals surface area contributed by atoms with Gasteiger partial charge < -0.3 is 9.94 Å². The average Bonchev–Trinajstić information content (AvgIpc) is 2.48. The third kappa shape index (κ3) is 3.19. The zero-order valence-electron chi connectivity index (χ0n) is 10.4. The fourth-order valence-electron chi connectivity index (χ4n) is 1.59. The zero-order valence-corrected chi connectivity index (χ0v) is 10.4. The molecule has 0 saturated heterocycles. The molecule has 0 spiro atoms. The highest BCUT2D eigenvalue weighted by Gasteiger charge is 2.08. The van der Waals surface area contributed by atoms with Crippen LogP contribution in [-0.2, 0) is 0 Å². The predicted octanol–water partition coefficient (Wildman–Crippen LogP) is 2.79. The summed E-state index contributed by atoms with van der Waals surface area (Å²) >= 11 is 0. The second-order valence-electron chi connectivity index (χ2n) is 3.88. The number of ketones is 1. The molecule has 0 aromatic heterocycles. The molecule has 0 radical (unpaired) electrons. The SMILES string of the molecule is COc1ccc(/[N+]([O-])=C/C(=O)c2ccccc2)cc1. The van der Waals surface area contributed by atoms with Crippen LogP contribution in [0.25, 0.3) is 0 Å². The maximum absolute atomic E-state index is 11.8. The molecule has 0 unspecified atom stereocenters. The van der Waals surface area contributed by atoms with E-state index in [1.165, 1.54) is 0 Å². The number of hydrogen-bond donors (Lipinski definition) is 0. The van der Waals surface area contributed by atoms with Crippen molar-refractivity contribution >= 4 is 17.7 Å². The van der Waals surface area contributed by atoms with E-state index < -0.39 is 0 Å². The molecule has 0 aliphatic rings. The molecule has 19 heavy (non-hydrogen) atoms. The second kappa shape index (κ2) is 5.82. The Kier molecular flexibility index (Phi) is 3.93. The van der Waals surface area contributed by atoms with Gasteiger partial charge in [-0.05, 0) is 12.1 Å². The quantitative estimate of drug-likeness (QED) is 0.277. The summed E-state index contributed by atoms with van der Waals surface area (Å²) in [7, 11) is 1.55. The van der Waals surface area contributed by atoms with Crippen molar-refractivity contribution in [3.63, 3.8) is 0 Å². The number of nitrogens with zero attached hydrogens (tertiary/aromatic N) is 1. The number of methoxy groups -OCH3 is 1. The minimum atomic E-state index is -0.327. The molecule has 0 aliphatic heterocycles. The van der Waals surface area contributed by atoms with Gasteiger partial charge in [0.2, 0.25) is 17.7 Å². The van der Waals surface area contributed by atoms with Gasteiger partial charge >= 0.3 is 0 Å². The van der Waals surface area contributed by atoms with Crippen LogP contribution in [0, 0.1) is 5.21 Å². The Hall–Kier alpha value is -2.62. The van der Waals surface area contributed by atoms with Crippen molar-refractivity contribution < 1.29 is 14.3 Å². The van der Waals surface area contributed by atoms with Crippen LogP contribution in [0.5, 0.6) is 5.75 Å². The maximum atomic E-state index is 11.8. The van der Waals surface area contributed by atoms with Gasteiger partial charge in [0.15, 0.2) is 0 Å². The first kappa shape index (κ1) is 12.8. The summed E-state index contributed by atoms with van der Waals surface area (Å²) in [5.74, 6) is 0.331. The molecule has 4 nitrogen and oxygen atoms in total. The second-order valence-corrected chi connectivity index (χ2v) is 3.88. The van der Waals surface area contributed by atoms with Gasteiger partial charge in [0.25, 0.3) is 0 Å². The van der Waals surface area contributed by atoms with Crippen LogP contribution in [-0.4, -0.2) is 23.8 Å². The average molecular weight is 255 g/mol. The van der Waals surface area contributed by atoms with E-state index in [0.717, 1.165) is 6.21 Å². The van der Waals surface area contributed by atoms with E-state index in [9.17, 15) is 10.0 Å². The van der Waals surface area contributed by atoms with Crippen molar-refractivity contribution in [2.75, 3.05) is 7.11 Å². The fraction of sp³-hybridized carbons (Fsp3) is 0.0667. The highest BCUT2D eigenvalue weighted by atomic mass is 16.5. The van der Waals surface area contributed by atoms with Crippen LogP contribution < -0.4 is 4.74 Å². The van der Waals surface area contributed by atoms with Crippen molar-refractivity contribution in [1.29, 1.82) is 0 Å². The molecule has 0 atom stereocenters. The van der Waals surface area contributed by atoms with Crippen molar-refractivity contribution in [1.82, 2.24) is 0 Å². The third-order valence-corrected chi connectivity index (χ3v) is 2.62. The van der Waals surface area contributed by atoms with Gasteiger partial charge in [0.1, 0.15) is 5.75 Å². The lowest BCUT2D eigenvalue weighted by Crippen LogP contribution is -2.08. The Balaban J connectivity index is 2.20. The van der Waals surface area contributed by atoms with Crippen molar-refractivity contribution in [3.8, 4) is 5.75 Å². The third-order valence-electron chi connectivity index (χ3n) is 2.62. The summed E-state index contributed by atoms with van der Waals surface area (Å²) < 4.78 is 5.55. The summed E-state index contributed by atoms with van der Waals surface area (Å²) in [6.45, 7) is 0. The van der Waals surface area contributed by atoms with E-state index in [0.29, 0.717) is 21.7 Å². The van der Waals surface area contributed by atoms with Gasteiger partial charge in [0.05, 0.1) is 7.11 Å². The van der Waals surface area contributed by atoms with E-state index in [1.54, 1.807) is 55.6 Å². The smallest absolute Gasteiger partial charge is 0.250 e. The summed E-state index contributed by atoms with van der Waals surface area (Å²) in [4.78, 5) is 11.8. The molecule has 2 aromatic carbocycles. The van der Waals surface area contributed by atoms with Gasteiger partial charge in [-0.3, -0.25) is 4.79 Å². The first-order valence-electron chi connectivity index (χ1n) is 5.75. The molecular formula is C15H13NO3. The Morgan fingerprint density at radius 1 is 1.11 bits per heavy atom. The largest absolute Gasteiger partial charge is 0.618 e. The molecule has 0 amide bonds. The summed E-state index contributed by atoms with van der Waals surface area (Å²) in [5, 5.41) is 11.8. The Morgan fingerprint density at radius 3 is 2.32 bits per heavy atom. The summed E-state index contributed by atoms with van der Waals surface area (Å²) in [5.41, 5.74) is 0.863. The Bertz CT molecular complexity index is 589. The molecule has 0 fully saturated rings. The minimum Gasteiger partial charge on any atom is -0.618 e. The number of Topliss-reactive ketones (excluding diaryl/α,β-unsaturated/α-hetero) is 1. The normalized spacial score (nSPS) is 11.1. The van der Waals surface area contributed by atoms with E-state index in [1.807, 2.05) is 6.07 Å². The molecular weight excluding hydrogens is 242 g/mol. The molecule has 0 aliphatic carbocycles.